The minimum atomic E-state index is -0.795. The summed E-state index contributed by atoms with van der Waals surface area (Å²) >= 11 is 0. The van der Waals surface area contributed by atoms with Crippen LogP contribution in [0.2, 0.25) is 0 Å². The van der Waals surface area contributed by atoms with E-state index in [1.165, 1.54) is 0 Å². The lowest BCUT2D eigenvalue weighted by Gasteiger charge is -2.25. The van der Waals surface area contributed by atoms with Crippen molar-refractivity contribution in [3.8, 4) is 0 Å². The molecule has 0 radical (unpaired) electrons. The van der Waals surface area contributed by atoms with Crippen LogP contribution < -0.4 is 0 Å². The van der Waals surface area contributed by atoms with Crippen LogP contribution in [0.5, 0.6) is 0 Å². The molecule has 0 saturated carbocycles. The van der Waals surface area contributed by atoms with Gasteiger partial charge >= 0.3 is 6.09 Å². The molecule has 1 aliphatic rings. The van der Waals surface area contributed by atoms with Crippen LogP contribution in [0.25, 0.3) is 0 Å². The number of carbonyl (C=O) groups is 1. The monoisotopic (exact) mass is 215 g/mol. The molecule has 1 unspecified atom stereocenters. The van der Waals surface area contributed by atoms with Gasteiger partial charge in [-0.25, -0.2) is 4.79 Å². The van der Waals surface area contributed by atoms with Crippen LogP contribution in [0.4, 0.5) is 4.79 Å². The minimum Gasteiger partial charge on any atom is -0.444 e. The van der Waals surface area contributed by atoms with Gasteiger partial charge in [-0.2, -0.15) is 0 Å². The van der Waals surface area contributed by atoms with Gasteiger partial charge in [-0.15, -0.1) is 0 Å². The van der Waals surface area contributed by atoms with E-state index in [4.69, 9.17) is 4.74 Å². The third kappa shape index (κ3) is 3.09. The molecule has 0 aromatic carbocycles. The number of amides is 1. The van der Waals surface area contributed by atoms with Crippen LogP contribution in [0, 0.1) is 5.92 Å². The van der Waals surface area contributed by atoms with Crippen molar-refractivity contribution in [2.45, 2.75) is 45.8 Å². The summed E-state index contributed by atoms with van der Waals surface area (Å²) < 4.78 is 5.24. The summed E-state index contributed by atoms with van der Waals surface area (Å²) in [4.78, 5) is 13.3. The fraction of sp³-hybridized carbons (Fsp3) is 0.909. The number of ether oxygens (including phenoxy) is 1. The summed E-state index contributed by atoms with van der Waals surface area (Å²) in [6, 6.07) is 0. The van der Waals surface area contributed by atoms with Crippen molar-refractivity contribution in [3.05, 3.63) is 0 Å². The Labute approximate surface area is 91.2 Å². The summed E-state index contributed by atoms with van der Waals surface area (Å²) in [5.74, 6) is 0.0880. The molecule has 15 heavy (non-hydrogen) atoms. The molecule has 0 aromatic rings. The second-order valence-corrected chi connectivity index (χ2v) is 5.62. The van der Waals surface area contributed by atoms with Gasteiger partial charge in [0.15, 0.2) is 0 Å². The average molecular weight is 215 g/mol. The first-order valence-electron chi connectivity index (χ1n) is 5.32. The summed E-state index contributed by atoms with van der Waals surface area (Å²) in [6.07, 6.45) is -0.341. The lowest BCUT2D eigenvalue weighted by Crippen LogP contribution is -2.38. The van der Waals surface area contributed by atoms with Gasteiger partial charge in [0, 0.05) is 12.5 Å². The lowest BCUT2D eigenvalue weighted by molar-refractivity contribution is 0.0152. The van der Waals surface area contributed by atoms with Crippen molar-refractivity contribution < 1.29 is 14.6 Å². The molecule has 0 spiro atoms. The zero-order chi connectivity index (χ0) is 11.9. The van der Waals surface area contributed by atoms with Crippen LogP contribution in [-0.4, -0.2) is 40.4 Å². The Bertz CT molecular complexity index is 255. The van der Waals surface area contributed by atoms with Gasteiger partial charge in [0.05, 0.1) is 12.1 Å². The van der Waals surface area contributed by atoms with Gasteiger partial charge in [0.2, 0.25) is 0 Å². The molecule has 4 heteroatoms. The van der Waals surface area contributed by atoms with E-state index in [1.807, 2.05) is 27.7 Å². The van der Waals surface area contributed by atoms with E-state index in [0.29, 0.717) is 13.1 Å². The Morgan fingerprint density at radius 3 is 2.40 bits per heavy atom. The Balaban J connectivity index is 2.58. The molecular weight excluding hydrogens is 194 g/mol. The van der Waals surface area contributed by atoms with Crippen molar-refractivity contribution in [3.63, 3.8) is 0 Å². The van der Waals surface area contributed by atoms with Crippen molar-refractivity contribution in [1.82, 2.24) is 4.90 Å². The van der Waals surface area contributed by atoms with E-state index in [-0.39, 0.29) is 12.0 Å². The first kappa shape index (κ1) is 12.3. The average Bonchev–Trinajstić information content (AvgIpc) is 2.23. The fourth-order valence-corrected chi connectivity index (χ4v) is 1.60. The van der Waals surface area contributed by atoms with Gasteiger partial charge in [0.1, 0.15) is 5.60 Å². The zero-order valence-electron chi connectivity index (χ0n) is 10.2. The van der Waals surface area contributed by atoms with Crippen LogP contribution in [0.15, 0.2) is 0 Å². The first-order chi connectivity index (χ1) is 6.62. The Hall–Kier alpha value is -0.770. The third-order valence-electron chi connectivity index (χ3n) is 2.72. The second-order valence-electron chi connectivity index (χ2n) is 5.62. The smallest absolute Gasteiger partial charge is 0.410 e. The molecule has 1 rings (SSSR count). The van der Waals surface area contributed by atoms with Gasteiger partial charge in [-0.3, -0.25) is 0 Å². The molecule has 0 aliphatic carbocycles. The van der Waals surface area contributed by atoms with E-state index in [9.17, 15) is 9.90 Å². The first-order valence-corrected chi connectivity index (χ1v) is 5.32. The van der Waals surface area contributed by atoms with E-state index in [0.717, 1.165) is 0 Å². The highest BCUT2D eigenvalue weighted by atomic mass is 16.6. The number of rotatable bonds is 0. The Kier molecular flexibility index (Phi) is 3.01. The SMILES string of the molecule is CC1CN(C(=O)OC(C)(C)C)C[C@@]1(C)O. The highest BCUT2D eigenvalue weighted by Crippen LogP contribution is 2.27. The number of β-amino-alcohol motifs (C(OH)–C–C–N with tert-alkyl or cyclic N) is 1. The predicted octanol–water partition coefficient (Wildman–Crippen LogP) is 1.62. The van der Waals surface area contributed by atoms with E-state index < -0.39 is 11.2 Å². The van der Waals surface area contributed by atoms with Gasteiger partial charge in [-0.1, -0.05) is 6.92 Å². The van der Waals surface area contributed by atoms with Crippen molar-refractivity contribution in [2.24, 2.45) is 5.92 Å². The van der Waals surface area contributed by atoms with Crippen LogP contribution in [0.1, 0.15) is 34.6 Å². The van der Waals surface area contributed by atoms with E-state index >= 15 is 0 Å². The molecular formula is C11H21NO3. The Morgan fingerprint density at radius 2 is 2.07 bits per heavy atom. The molecule has 0 bridgehead atoms. The van der Waals surface area contributed by atoms with E-state index in [1.54, 1.807) is 11.8 Å². The molecule has 1 amide bonds. The largest absolute Gasteiger partial charge is 0.444 e. The molecule has 1 fully saturated rings. The van der Waals surface area contributed by atoms with Gasteiger partial charge < -0.3 is 14.7 Å². The molecule has 1 saturated heterocycles. The quantitative estimate of drug-likeness (QED) is 0.668. The Morgan fingerprint density at radius 1 is 1.53 bits per heavy atom. The van der Waals surface area contributed by atoms with Gasteiger partial charge in [-0.05, 0) is 27.7 Å². The van der Waals surface area contributed by atoms with Crippen molar-refractivity contribution >= 4 is 6.09 Å². The van der Waals surface area contributed by atoms with Crippen LogP contribution >= 0.6 is 0 Å². The topological polar surface area (TPSA) is 49.8 Å². The molecule has 1 heterocycles. The number of nitrogens with zero attached hydrogens (tertiary/aromatic N) is 1. The van der Waals surface area contributed by atoms with Crippen molar-refractivity contribution in [1.29, 1.82) is 0 Å². The van der Waals surface area contributed by atoms with E-state index in [2.05, 4.69) is 0 Å². The summed E-state index contributed by atoms with van der Waals surface area (Å²) in [7, 11) is 0. The maximum absolute atomic E-state index is 11.7. The molecule has 1 aliphatic heterocycles. The lowest BCUT2D eigenvalue weighted by atomic mass is 9.95. The fourth-order valence-electron chi connectivity index (χ4n) is 1.60. The van der Waals surface area contributed by atoms with Crippen molar-refractivity contribution in [2.75, 3.05) is 13.1 Å². The number of aliphatic hydroxyl groups is 1. The number of likely N-dealkylation sites (tertiary alicyclic amines) is 1. The minimum absolute atomic E-state index is 0.0880. The summed E-state index contributed by atoms with van der Waals surface area (Å²) in [5, 5.41) is 9.93. The highest BCUT2D eigenvalue weighted by molar-refractivity contribution is 5.68. The maximum atomic E-state index is 11.7. The maximum Gasteiger partial charge on any atom is 0.410 e. The summed E-state index contributed by atoms with van der Waals surface area (Å²) in [6.45, 7) is 10.1. The van der Waals surface area contributed by atoms with Crippen LogP contribution in [0.3, 0.4) is 0 Å². The number of hydrogen-bond acceptors (Lipinski definition) is 3. The summed E-state index contributed by atoms with van der Waals surface area (Å²) in [5.41, 5.74) is -1.27. The molecule has 88 valence electrons. The number of hydrogen-bond donors (Lipinski definition) is 1. The molecule has 1 N–H and O–H groups in total. The third-order valence-corrected chi connectivity index (χ3v) is 2.72. The normalized spacial score (nSPS) is 31.9. The predicted molar refractivity (Wildman–Crippen MR) is 57.6 cm³/mol. The highest BCUT2D eigenvalue weighted by Gasteiger charge is 2.41. The number of carbonyl (C=O) groups excluding carboxylic acids is 1. The standard InChI is InChI=1S/C11H21NO3/c1-8-6-12(7-11(8,5)14)9(13)15-10(2,3)4/h8,14H,6-7H2,1-5H3/t8?,11-/m1/s1. The van der Waals surface area contributed by atoms with Gasteiger partial charge in [0.25, 0.3) is 0 Å². The molecule has 2 atom stereocenters. The molecule has 0 aromatic heterocycles. The zero-order valence-corrected chi connectivity index (χ0v) is 10.2. The second kappa shape index (κ2) is 3.67. The molecule has 4 nitrogen and oxygen atoms in total. The van der Waals surface area contributed by atoms with Crippen LogP contribution in [-0.2, 0) is 4.74 Å².